The van der Waals surface area contributed by atoms with Gasteiger partial charge in [0.15, 0.2) is 5.58 Å². The molecule has 0 saturated carbocycles. The molecule has 5 rings (SSSR count). The van der Waals surface area contributed by atoms with Crippen molar-refractivity contribution < 1.29 is 9.21 Å². The third-order valence-electron chi connectivity index (χ3n) is 4.81. The molecule has 2 aromatic heterocycles. The number of benzene rings is 2. The SMILES string of the molecule is O=C(C=Cc1nc2ccccc2o1)N1CCCC1c1nc2ccccc2s1. The molecule has 1 fully saturated rings. The average Bonchev–Trinajstić information content (AvgIpc) is 3.42. The van der Waals surface area contributed by atoms with Gasteiger partial charge >= 0.3 is 0 Å². The number of carbonyl (C=O) groups excluding carboxylic acids is 1. The third kappa shape index (κ3) is 3.02. The fourth-order valence-electron chi connectivity index (χ4n) is 3.52. The van der Waals surface area contributed by atoms with E-state index in [2.05, 4.69) is 11.1 Å². The number of fused-ring (bicyclic) bond motifs is 2. The van der Waals surface area contributed by atoms with E-state index in [0.717, 1.165) is 45.7 Å². The van der Waals surface area contributed by atoms with E-state index in [1.165, 1.54) is 0 Å². The molecule has 3 heterocycles. The number of carbonyl (C=O) groups is 1. The van der Waals surface area contributed by atoms with Gasteiger partial charge in [-0.25, -0.2) is 9.97 Å². The molecule has 4 aromatic rings. The monoisotopic (exact) mass is 375 g/mol. The minimum Gasteiger partial charge on any atom is -0.437 e. The van der Waals surface area contributed by atoms with E-state index < -0.39 is 0 Å². The Morgan fingerprint density at radius 3 is 2.78 bits per heavy atom. The lowest BCUT2D eigenvalue weighted by atomic mass is 10.2. The van der Waals surface area contributed by atoms with Gasteiger partial charge in [-0.05, 0) is 37.1 Å². The number of rotatable bonds is 3. The van der Waals surface area contributed by atoms with Gasteiger partial charge < -0.3 is 9.32 Å². The van der Waals surface area contributed by atoms with Crippen LogP contribution in [0.2, 0.25) is 0 Å². The summed E-state index contributed by atoms with van der Waals surface area (Å²) in [6, 6.07) is 15.7. The number of nitrogens with zero attached hydrogens (tertiary/aromatic N) is 3. The summed E-state index contributed by atoms with van der Waals surface area (Å²) in [5.74, 6) is 0.416. The third-order valence-corrected chi connectivity index (χ3v) is 5.95. The average molecular weight is 375 g/mol. The second kappa shape index (κ2) is 6.63. The highest BCUT2D eigenvalue weighted by Crippen LogP contribution is 2.36. The molecule has 1 atom stereocenters. The van der Waals surface area contributed by atoms with E-state index in [-0.39, 0.29) is 11.9 Å². The van der Waals surface area contributed by atoms with E-state index in [0.29, 0.717) is 5.89 Å². The maximum absolute atomic E-state index is 12.8. The van der Waals surface area contributed by atoms with Crippen LogP contribution in [0.1, 0.15) is 29.8 Å². The number of amides is 1. The van der Waals surface area contributed by atoms with Crippen molar-refractivity contribution in [1.29, 1.82) is 0 Å². The van der Waals surface area contributed by atoms with Crippen molar-refractivity contribution in [1.82, 2.24) is 14.9 Å². The van der Waals surface area contributed by atoms with Gasteiger partial charge in [0, 0.05) is 18.7 Å². The molecule has 1 aliphatic rings. The zero-order valence-electron chi connectivity index (χ0n) is 14.5. The van der Waals surface area contributed by atoms with E-state index in [1.807, 2.05) is 47.4 Å². The summed E-state index contributed by atoms with van der Waals surface area (Å²) in [7, 11) is 0. The van der Waals surface area contributed by atoms with Crippen LogP contribution in [0.15, 0.2) is 59.0 Å². The van der Waals surface area contributed by atoms with Gasteiger partial charge in [0.05, 0.1) is 16.3 Å². The molecular formula is C21H17N3O2S. The molecular weight excluding hydrogens is 358 g/mol. The lowest BCUT2D eigenvalue weighted by Crippen LogP contribution is -2.28. The van der Waals surface area contributed by atoms with Crippen LogP contribution < -0.4 is 0 Å². The molecule has 0 radical (unpaired) electrons. The first-order valence-corrected chi connectivity index (χ1v) is 9.79. The van der Waals surface area contributed by atoms with Crippen LogP contribution in [-0.4, -0.2) is 27.3 Å². The standard InChI is InChI=1S/C21H17N3O2S/c25-20(12-11-19-22-14-6-1-3-9-17(14)26-19)24-13-5-8-16(24)21-23-15-7-2-4-10-18(15)27-21/h1-4,6-7,9-12,16H,5,8,13H2. The molecule has 1 saturated heterocycles. The minimum absolute atomic E-state index is 0.0287. The van der Waals surface area contributed by atoms with Crippen LogP contribution in [0.25, 0.3) is 27.4 Å². The molecule has 2 aromatic carbocycles. The lowest BCUT2D eigenvalue weighted by molar-refractivity contribution is -0.126. The van der Waals surface area contributed by atoms with Crippen molar-refractivity contribution in [3.8, 4) is 0 Å². The molecule has 6 heteroatoms. The number of thiazole rings is 1. The number of hydrogen-bond acceptors (Lipinski definition) is 5. The highest BCUT2D eigenvalue weighted by molar-refractivity contribution is 7.18. The summed E-state index contributed by atoms with van der Waals surface area (Å²) in [4.78, 5) is 23.8. The zero-order valence-corrected chi connectivity index (χ0v) is 15.4. The van der Waals surface area contributed by atoms with Gasteiger partial charge in [0.2, 0.25) is 11.8 Å². The molecule has 0 aliphatic carbocycles. The van der Waals surface area contributed by atoms with Crippen LogP contribution in [0, 0.1) is 0 Å². The van der Waals surface area contributed by atoms with Gasteiger partial charge in [-0.1, -0.05) is 24.3 Å². The Bertz CT molecular complexity index is 1090. The van der Waals surface area contributed by atoms with Gasteiger partial charge in [-0.2, -0.15) is 0 Å². The van der Waals surface area contributed by atoms with Crippen molar-refractivity contribution in [2.24, 2.45) is 0 Å². The van der Waals surface area contributed by atoms with Crippen molar-refractivity contribution in [2.75, 3.05) is 6.54 Å². The van der Waals surface area contributed by atoms with Crippen molar-refractivity contribution in [3.63, 3.8) is 0 Å². The van der Waals surface area contributed by atoms with E-state index in [1.54, 1.807) is 23.5 Å². The Morgan fingerprint density at radius 2 is 1.93 bits per heavy atom. The highest BCUT2D eigenvalue weighted by Gasteiger charge is 2.31. The molecule has 1 aliphatic heterocycles. The minimum atomic E-state index is -0.0287. The first-order chi connectivity index (χ1) is 13.3. The zero-order chi connectivity index (χ0) is 18.2. The Morgan fingerprint density at radius 1 is 1.11 bits per heavy atom. The smallest absolute Gasteiger partial charge is 0.247 e. The summed E-state index contributed by atoms with van der Waals surface area (Å²) < 4.78 is 6.81. The number of para-hydroxylation sites is 3. The lowest BCUT2D eigenvalue weighted by Gasteiger charge is -2.21. The predicted molar refractivity (Wildman–Crippen MR) is 106 cm³/mol. The van der Waals surface area contributed by atoms with Crippen molar-refractivity contribution >= 4 is 44.6 Å². The van der Waals surface area contributed by atoms with Crippen LogP contribution in [-0.2, 0) is 4.79 Å². The molecule has 0 N–H and O–H groups in total. The largest absolute Gasteiger partial charge is 0.437 e. The fourth-order valence-corrected chi connectivity index (χ4v) is 4.63. The van der Waals surface area contributed by atoms with Crippen molar-refractivity contribution in [3.05, 3.63) is 65.5 Å². The highest BCUT2D eigenvalue weighted by atomic mass is 32.1. The van der Waals surface area contributed by atoms with Crippen LogP contribution in [0.4, 0.5) is 0 Å². The van der Waals surface area contributed by atoms with Gasteiger partial charge in [-0.15, -0.1) is 11.3 Å². The van der Waals surface area contributed by atoms with Crippen LogP contribution >= 0.6 is 11.3 Å². The van der Waals surface area contributed by atoms with Crippen LogP contribution in [0.3, 0.4) is 0 Å². The number of hydrogen-bond donors (Lipinski definition) is 0. The summed E-state index contributed by atoms with van der Waals surface area (Å²) in [5.41, 5.74) is 2.51. The van der Waals surface area contributed by atoms with Gasteiger partial charge in [0.25, 0.3) is 0 Å². The Balaban J connectivity index is 1.38. The number of likely N-dealkylation sites (tertiary alicyclic amines) is 1. The van der Waals surface area contributed by atoms with Gasteiger partial charge in [-0.3, -0.25) is 4.79 Å². The van der Waals surface area contributed by atoms with Gasteiger partial charge in [0.1, 0.15) is 10.5 Å². The first kappa shape index (κ1) is 16.2. The second-order valence-corrected chi connectivity index (χ2v) is 7.62. The molecule has 134 valence electrons. The number of oxazole rings is 1. The van der Waals surface area contributed by atoms with Crippen LogP contribution in [0.5, 0.6) is 0 Å². The maximum Gasteiger partial charge on any atom is 0.247 e. The number of aromatic nitrogens is 2. The topological polar surface area (TPSA) is 59.2 Å². The van der Waals surface area contributed by atoms with E-state index in [9.17, 15) is 4.79 Å². The fraction of sp³-hybridized carbons (Fsp3) is 0.190. The molecule has 1 unspecified atom stereocenters. The Kier molecular flexibility index (Phi) is 3.98. The quantitative estimate of drug-likeness (QED) is 0.482. The summed E-state index contributed by atoms with van der Waals surface area (Å²) in [6.07, 6.45) is 5.14. The molecule has 0 spiro atoms. The molecule has 1 amide bonds. The Hall–Kier alpha value is -2.99. The van der Waals surface area contributed by atoms with Crippen molar-refractivity contribution in [2.45, 2.75) is 18.9 Å². The van der Waals surface area contributed by atoms with E-state index in [4.69, 9.17) is 9.40 Å². The Labute approximate surface area is 160 Å². The maximum atomic E-state index is 12.8. The molecule has 0 bridgehead atoms. The first-order valence-electron chi connectivity index (χ1n) is 8.98. The molecule has 27 heavy (non-hydrogen) atoms. The summed E-state index contributed by atoms with van der Waals surface area (Å²) in [5, 5.41) is 1.01. The van der Waals surface area contributed by atoms with E-state index >= 15 is 0 Å². The summed E-state index contributed by atoms with van der Waals surface area (Å²) >= 11 is 1.67. The second-order valence-electron chi connectivity index (χ2n) is 6.56. The molecule has 5 nitrogen and oxygen atoms in total. The summed E-state index contributed by atoms with van der Waals surface area (Å²) in [6.45, 7) is 0.747. The predicted octanol–water partition coefficient (Wildman–Crippen LogP) is 4.81. The normalized spacial score (nSPS) is 17.5.